The van der Waals surface area contributed by atoms with Crippen LogP contribution in [0.4, 0.5) is 10.5 Å². The number of carbonyl (C=O) groups is 1. The van der Waals surface area contributed by atoms with Crippen molar-refractivity contribution in [2.45, 2.75) is 5.92 Å². The maximum absolute atomic E-state index is 12.4. The summed E-state index contributed by atoms with van der Waals surface area (Å²) in [6.45, 7) is 1.07. The van der Waals surface area contributed by atoms with Crippen LogP contribution in [-0.2, 0) is 0 Å². The Morgan fingerprint density at radius 1 is 1.26 bits per heavy atom. The van der Waals surface area contributed by atoms with Gasteiger partial charge in [0, 0.05) is 24.8 Å². The second kappa shape index (κ2) is 7.28. The first kappa shape index (κ1) is 17.3. The van der Waals surface area contributed by atoms with Gasteiger partial charge in [-0.25, -0.2) is 4.79 Å². The van der Waals surface area contributed by atoms with Gasteiger partial charge in [-0.05, 0) is 23.6 Å². The maximum atomic E-state index is 12.4. The molecule has 3 aromatic rings. The number of hydrogen-bond acceptors (Lipinski definition) is 7. The van der Waals surface area contributed by atoms with Gasteiger partial charge in [0.05, 0.1) is 25.0 Å². The third kappa shape index (κ3) is 3.45. The third-order valence-corrected chi connectivity index (χ3v) is 5.20. The molecule has 1 aliphatic rings. The second-order valence-electron chi connectivity index (χ2n) is 6.04. The number of thiophene rings is 1. The number of likely N-dealkylation sites (tertiary alicyclic amines) is 1. The summed E-state index contributed by atoms with van der Waals surface area (Å²) in [6, 6.07) is 8.94. The molecule has 2 aromatic heterocycles. The van der Waals surface area contributed by atoms with Crippen LogP contribution in [-0.4, -0.2) is 48.4 Å². The summed E-state index contributed by atoms with van der Waals surface area (Å²) in [6.07, 6.45) is 0. The van der Waals surface area contributed by atoms with Crippen molar-refractivity contribution >= 4 is 23.1 Å². The van der Waals surface area contributed by atoms with Crippen molar-refractivity contribution in [1.82, 2.24) is 15.0 Å². The Bertz CT molecular complexity index is 935. The number of carbonyl (C=O) groups excluding carboxylic acids is 1. The fraction of sp³-hybridized carbons (Fsp3) is 0.278. The van der Waals surface area contributed by atoms with E-state index < -0.39 is 0 Å². The monoisotopic (exact) mass is 386 g/mol. The average Bonchev–Trinajstić information content (AvgIpc) is 3.32. The highest BCUT2D eigenvalue weighted by Gasteiger charge is 2.35. The number of benzene rings is 1. The molecule has 0 radical (unpaired) electrons. The summed E-state index contributed by atoms with van der Waals surface area (Å²) in [5, 5.41) is 8.84. The van der Waals surface area contributed by atoms with E-state index >= 15 is 0 Å². The van der Waals surface area contributed by atoms with E-state index in [1.807, 2.05) is 17.5 Å². The highest BCUT2D eigenvalue weighted by Crippen LogP contribution is 2.32. The summed E-state index contributed by atoms with van der Waals surface area (Å²) in [5.74, 6) is 2.38. The fourth-order valence-electron chi connectivity index (χ4n) is 2.82. The van der Waals surface area contributed by atoms with Crippen molar-refractivity contribution in [2.75, 3.05) is 32.6 Å². The number of rotatable bonds is 5. The molecule has 0 spiro atoms. The van der Waals surface area contributed by atoms with E-state index in [9.17, 15) is 4.79 Å². The van der Waals surface area contributed by atoms with E-state index in [0.29, 0.717) is 42.0 Å². The molecule has 0 atom stereocenters. The van der Waals surface area contributed by atoms with Crippen LogP contribution in [0, 0.1) is 0 Å². The number of amides is 2. The van der Waals surface area contributed by atoms with Crippen LogP contribution in [0.1, 0.15) is 11.8 Å². The number of anilines is 1. The summed E-state index contributed by atoms with van der Waals surface area (Å²) < 4.78 is 15.8. The molecule has 0 unspecified atom stereocenters. The minimum Gasteiger partial charge on any atom is -0.493 e. The van der Waals surface area contributed by atoms with Gasteiger partial charge >= 0.3 is 6.03 Å². The van der Waals surface area contributed by atoms with Gasteiger partial charge in [0.15, 0.2) is 11.5 Å². The van der Waals surface area contributed by atoms with Crippen molar-refractivity contribution < 1.29 is 18.8 Å². The summed E-state index contributed by atoms with van der Waals surface area (Å²) in [5.41, 5.74) is 0.638. The predicted octanol–water partition coefficient (Wildman–Crippen LogP) is 3.45. The predicted molar refractivity (Wildman–Crippen MR) is 100 cm³/mol. The van der Waals surface area contributed by atoms with Gasteiger partial charge < -0.3 is 24.2 Å². The average molecular weight is 386 g/mol. The molecule has 1 N–H and O–H groups in total. The molecule has 0 saturated carbocycles. The van der Waals surface area contributed by atoms with Gasteiger partial charge in [-0.15, -0.1) is 11.3 Å². The minimum atomic E-state index is -0.184. The molecule has 0 bridgehead atoms. The first-order valence-electron chi connectivity index (χ1n) is 8.33. The summed E-state index contributed by atoms with van der Waals surface area (Å²) in [7, 11) is 3.12. The maximum Gasteiger partial charge on any atom is 0.321 e. The van der Waals surface area contributed by atoms with Gasteiger partial charge in [0.1, 0.15) is 0 Å². The molecule has 1 aromatic carbocycles. The lowest BCUT2D eigenvalue weighted by Crippen LogP contribution is -2.50. The van der Waals surface area contributed by atoms with Crippen LogP contribution in [0.25, 0.3) is 10.7 Å². The minimum absolute atomic E-state index is 0.0577. The first-order chi connectivity index (χ1) is 13.2. The standard InChI is InChI=1S/C18H18N4O4S/c1-24-13-6-5-12(8-14(13)25-2)19-18(23)22-9-11(10-22)17-20-16(21-26-17)15-4-3-7-27-15/h3-8,11H,9-10H2,1-2H3,(H,19,23). The lowest BCUT2D eigenvalue weighted by atomic mass is 10.0. The van der Waals surface area contributed by atoms with Gasteiger partial charge in [-0.1, -0.05) is 11.2 Å². The Morgan fingerprint density at radius 3 is 2.78 bits per heavy atom. The number of nitrogens with one attached hydrogen (secondary N) is 1. The number of ether oxygens (including phenoxy) is 2. The SMILES string of the molecule is COc1ccc(NC(=O)N2CC(c3nc(-c4cccs4)no3)C2)cc1OC. The lowest BCUT2D eigenvalue weighted by Gasteiger charge is -2.36. The van der Waals surface area contributed by atoms with Gasteiger partial charge in [-0.3, -0.25) is 0 Å². The smallest absolute Gasteiger partial charge is 0.321 e. The van der Waals surface area contributed by atoms with E-state index in [0.717, 1.165) is 4.88 Å². The largest absolute Gasteiger partial charge is 0.493 e. The van der Waals surface area contributed by atoms with Crippen molar-refractivity contribution in [1.29, 1.82) is 0 Å². The Kier molecular flexibility index (Phi) is 4.68. The number of hydrogen-bond donors (Lipinski definition) is 1. The molecule has 0 aliphatic carbocycles. The molecule has 140 valence electrons. The molecule has 9 heteroatoms. The van der Waals surface area contributed by atoms with Crippen LogP contribution in [0.2, 0.25) is 0 Å². The van der Waals surface area contributed by atoms with Crippen LogP contribution in [0.15, 0.2) is 40.2 Å². The lowest BCUT2D eigenvalue weighted by molar-refractivity contribution is 0.147. The van der Waals surface area contributed by atoms with Crippen LogP contribution < -0.4 is 14.8 Å². The van der Waals surface area contributed by atoms with Gasteiger partial charge in [0.2, 0.25) is 11.7 Å². The highest BCUT2D eigenvalue weighted by molar-refractivity contribution is 7.13. The van der Waals surface area contributed by atoms with Crippen molar-refractivity contribution in [2.24, 2.45) is 0 Å². The summed E-state index contributed by atoms with van der Waals surface area (Å²) >= 11 is 1.56. The van der Waals surface area contributed by atoms with Crippen molar-refractivity contribution in [3.63, 3.8) is 0 Å². The van der Waals surface area contributed by atoms with Crippen LogP contribution in [0.5, 0.6) is 11.5 Å². The first-order valence-corrected chi connectivity index (χ1v) is 9.21. The third-order valence-electron chi connectivity index (χ3n) is 4.34. The van der Waals surface area contributed by atoms with Crippen molar-refractivity contribution in [3.05, 3.63) is 41.6 Å². The normalized spacial score (nSPS) is 13.9. The van der Waals surface area contributed by atoms with Crippen LogP contribution >= 0.6 is 11.3 Å². The molecule has 1 fully saturated rings. The van der Waals surface area contributed by atoms with E-state index in [1.54, 1.807) is 48.7 Å². The van der Waals surface area contributed by atoms with E-state index in [4.69, 9.17) is 14.0 Å². The molecule has 2 amide bonds. The molecule has 8 nitrogen and oxygen atoms in total. The van der Waals surface area contributed by atoms with E-state index in [-0.39, 0.29) is 11.9 Å². The number of aromatic nitrogens is 2. The molecule has 1 aliphatic heterocycles. The van der Waals surface area contributed by atoms with Gasteiger partial charge in [0.25, 0.3) is 0 Å². The zero-order valence-electron chi connectivity index (χ0n) is 14.8. The quantitative estimate of drug-likeness (QED) is 0.722. The number of methoxy groups -OCH3 is 2. The summed E-state index contributed by atoms with van der Waals surface area (Å²) in [4.78, 5) is 19.5. The van der Waals surface area contributed by atoms with Crippen molar-refractivity contribution in [3.8, 4) is 22.2 Å². The molecule has 27 heavy (non-hydrogen) atoms. The highest BCUT2D eigenvalue weighted by atomic mass is 32.1. The molecule has 3 heterocycles. The molecule has 4 rings (SSSR count). The van der Waals surface area contributed by atoms with Crippen LogP contribution in [0.3, 0.4) is 0 Å². The Labute approximate surface area is 159 Å². The van der Waals surface area contributed by atoms with E-state index in [2.05, 4.69) is 15.5 Å². The Morgan fingerprint density at radius 2 is 2.07 bits per heavy atom. The molecule has 1 saturated heterocycles. The number of nitrogens with zero attached hydrogens (tertiary/aromatic N) is 3. The zero-order chi connectivity index (χ0) is 18.8. The number of urea groups is 1. The zero-order valence-corrected chi connectivity index (χ0v) is 15.7. The van der Waals surface area contributed by atoms with Gasteiger partial charge in [-0.2, -0.15) is 4.98 Å². The van der Waals surface area contributed by atoms with E-state index in [1.165, 1.54) is 0 Å². The topological polar surface area (TPSA) is 89.7 Å². The Balaban J connectivity index is 1.35. The molecular formula is C18H18N4O4S. The molecular weight excluding hydrogens is 368 g/mol. The Hall–Kier alpha value is -3.07. The fourth-order valence-corrected chi connectivity index (χ4v) is 3.47. The second-order valence-corrected chi connectivity index (χ2v) is 6.98.